The smallest absolute Gasteiger partial charge is 0.323 e. The van der Waals surface area contributed by atoms with Crippen LogP contribution in [0.25, 0.3) is 0 Å². The molecule has 0 unspecified atom stereocenters. The first kappa shape index (κ1) is 29.6. The first-order valence-electron chi connectivity index (χ1n) is 12.2. The quantitative estimate of drug-likeness (QED) is 0.145. The molecule has 0 aromatic heterocycles. The van der Waals surface area contributed by atoms with Gasteiger partial charge in [-0.25, -0.2) is 13.2 Å². The number of benzene rings is 4. The first-order valence-corrected chi connectivity index (χ1v) is 14.4. The van der Waals surface area contributed by atoms with Crippen LogP contribution in [0.4, 0.5) is 21.9 Å². The zero-order valence-corrected chi connectivity index (χ0v) is 23.8. The van der Waals surface area contributed by atoms with Crippen LogP contribution in [-0.4, -0.2) is 26.3 Å². The summed E-state index contributed by atoms with van der Waals surface area (Å²) < 4.78 is 31.9. The Kier molecular flexibility index (Phi) is 9.28. The van der Waals surface area contributed by atoms with E-state index in [4.69, 9.17) is 27.9 Å². The van der Waals surface area contributed by atoms with Crippen molar-refractivity contribution in [2.45, 2.75) is 23.1 Å². The fourth-order valence-corrected chi connectivity index (χ4v) is 5.74. The van der Waals surface area contributed by atoms with E-state index < -0.39 is 27.7 Å². The SMILES string of the molecule is CCC(=O)Oc1c(NC(=O)Nc2ccccc2S(=O)(=O)c2ccccc2)cccc1NC(=O)c1c(Cl)cccc1Cl. The van der Waals surface area contributed by atoms with Gasteiger partial charge in [0.05, 0.1) is 42.5 Å². The number of nitrogens with one attached hydrogen (secondary N) is 3. The molecule has 0 radical (unpaired) electrons. The summed E-state index contributed by atoms with van der Waals surface area (Å²) in [4.78, 5) is 38.3. The van der Waals surface area contributed by atoms with Gasteiger partial charge in [0.15, 0.2) is 5.75 Å². The molecule has 0 aliphatic heterocycles. The van der Waals surface area contributed by atoms with E-state index >= 15 is 0 Å². The Hall–Kier alpha value is -4.38. The van der Waals surface area contributed by atoms with Gasteiger partial charge in [-0.05, 0) is 48.5 Å². The van der Waals surface area contributed by atoms with Crippen molar-refractivity contribution in [3.8, 4) is 5.75 Å². The number of sulfone groups is 1. The van der Waals surface area contributed by atoms with Crippen molar-refractivity contribution in [1.29, 1.82) is 0 Å². The zero-order valence-electron chi connectivity index (χ0n) is 21.5. The molecule has 41 heavy (non-hydrogen) atoms. The minimum absolute atomic E-state index is 0.00891. The van der Waals surface area contributed by atoms with Gasteiger partial charge in [-0.2, -0.15) is 0 Å². The van der Waals surface area contributed by atoms with E-state index in [1.165, 1.54) is 54.6 Å². The number of hydrogen-bond donors (Lipinski definition) is 3. The summed E-state index contributed by atoms with van der Waals surface area (Å²) in [7, 11) is -3.95. The summed E-state index contributed by atoms with van der Waals surface area (Å²) >= 11 is 12.3. The summed E-state index contributed by atoms with van der Waals surface area (Å²) in [5, 5.41) is 7.93. The largest absolute Gasteiger partial charge is 0.422 e. The molecule has 0 bridgehead atoms. The molecule has 9 nitrogen and oxygen atoms in total. The van der Waals surface area contributed by atoms with Crippen molar-refractivity contribution < 1.29 is 27.5 Å². The van der Waals surface area contributed by atoms with E-state index in [2.05, 4.69) is 16.0 Å². The van der Waals surface area contributed by atoms with Crippen LogP contribution in [-0.2, 0) is 14.6 Å². The number of carbonyl (C=O) groups excluding carboxylic acids is 3. The van der Waals surface area contributed by atoms with Gasteiger partial charge >= 0.3 is 12.0 Å². The molecule has 0 aliphatic rings. The molecular formula is C29H23Cl2N3O6S. The monoisotopic (exact) mass is 611 g/mol. The van der Waals surface area contributed by atoms with Gasteiger partial charge in [-0.15, -0.1) is 0 Å². The number of esters is 1. The van der Waals surface area contributed by atoms with E-state index in [9.17, 15) is 22.8 Å². The molecule has 4 rings (SSSR count). The Bertz CT molecular complexity index is 1710. The van der Waals surface area contributed by atoms with Gasteiger partial charge in [-0.1, -0.05) is 72.6 Å². The third-order valence-electron chi connectivity index (χ3n) is 5.68. The van der Waals surface area contributed by atoms with Crippen LogP contribution in [0, 0.1) is 0 Å². The molecule has 3 amide bonds. The molecule has 0 fully saturated rings. The van der Waals surface area contributed by atoms with Gasteiger partial charge < -0.3 is 20.7 Å². The van der Waals surface area contributed by atoms with Gasteiger partial charge in [0.25, 0.3) is 5.91 Å². The lowest BCUT2D eigenvalue weighted by Gasteiger charge is -2.17. The lowest BCUT2D eigenvalue weighted by atomic mass is 10.2. The number of hydrogen-bond acceptors (Lipinski definition) is 6. The van der Waals surface area contributed by atoms with Crippen LogP contribution in [0.2, 0.25) is 10.0 Å². The van der Waals surface area contributed by atoms with E-state index in [0.29, 0.717) is 0 Å². The maximum atomic E-state index is 13.2. The summed E-state index contributed by atoms with van der Waals surface area (Å²) in [5.74, 6) is -1.45. The Labute approximate surface area is 246 Å². The summed E-state index contributed by atoms with van der Waals surface area (Å²) in [6.45, 7) is 1.58. The van der Waals surface area contributed by atoms with Crippen molar-refractivity contribution in [3.63, 3.8) is 0 Å². The molecule has 0 saturated carbocycles. The highest BCUT2D eigenvalue weighted by Crippen LogP contribution is 2.36. The minimum Gasteiger partial charge on any atom is -0.422 e. The highest BCUT2D eigenvalue weighted by molar-refractivity contribution is 7.91. The number of anilines is 3. The van der Waals surface area contributed by atoms with E-state index in [0.717, 1.165) is 0 Å². The number of carbonyl (C=O) groups is 3. The van der Waals surface area contributed by atoms with Gasteiger partial charge in [0, 0.05) is 6.42 Å². The molecule has 4 aromatic rings. The molecule has 3 N–H and O–H groups in total. The standard InChI is InChI=1S/C29H23Cl2N3O6S/c1-2-25(35)40-27-22(32-28(36)26-19(30)12-8-13-20(26)31)15-9-16-23(27)34-29(37)33-21-14-6-7-17-24(21)41(38,39)18-10-4-3-5-11-18/h3-17H,2H2,1H3,(H,32,36)(H2,33,34,37). The van der Waals surface area contributed by atoms with Crippen LogP contribution in [0.3, 0.4) is 0 Å². The Morgan fingerprint density at radius 2 is 1.24 bits per heavy atom. The Balaban J connectivity index is 1.63. The van der Waals surface area contributed by atoms with Crippen LogP contribution in [0.5, 0.6) is 5.75 Å². The highest BCUT2D eigenvalue weighted by Gasteiger charge is 2.23. The predicted octanol–water partition coefficient (Wildman–Crippen LogP) is 7.04. The fourth-order valence-electron chi connectivity index (χ4n) is 3.74. The molecule has 0 spiro atoms. The Morgan fingerprint density at radius 1 is 0.707 bits per heavy atom. The van der Waals surface area contributed by atoms with Gasteiger partial charge in [0.1, 0.15) is 0 Å². The van der Waals surface area contributed by atoms with Crippen molar-refractivity contribution in [3.05, 3.63) is 107 Å². The highest BCUT2D eigenvalue weighted by atomic mass is 35.5. The minimum atomic E-state index is -3.95. The molecule has 0 atom stereocenters. The maximum absolute atomic E-state index is 13.2. The Morgan fingerprint density at radius 3 is 1.90 bits per heavy atom. The number of urea groups is 1. The number of ether oxygens (including phenoxy) is 1. The van der Waals surface area contributed by atoms with E-state index in [-0.39, 0.29) is 54.6 Å². The van der Waals surface area contributed by atoms with Crippen molar-refractivity contribution >= 4 is 68.0 Å². The van der Waals surface area contributed by atoms with Gasteiger partial charge in [-0.3, -0.25) is 9.59 Å². The summed E-state index contributed by atoms with van der Waals surface area (Å²) in [6, 6.07) is 21.9. The number of rotatable bonds is 8. The second-order valence-electron chi connectivity index (χ2n) is 8.45. The second-order valence-corrected chi connectivity index (χ2v) is 11.2. The molecule has 12 heteroatoms. The average molecular weight is 612 g/mol. The molecule has 0 heterocycles. The molecule has 4 aromatic carbocycles. The predicted molar refractivity (Wildman–Crippen MR) is 158 cm³/mol. The van der Waals surface area contributed by atoms with Crippen LogP contribution < -0.4 is 20.7 Å². The van der Waals surface area contributed by atoms with E-state index in [1.54, 1.807) is 43.3 Å². The number of para-hydroxylation sites is 2. The maximum Gasteiger partial charge on any atom is 0.323 e. The molecular weight excluding hydrogens is 589 g/mol. The third-order valence-corrected chi connectivity index (χ3v) is 8.14. The van der Waals surface area contributed by atoms with Crippen molar-refractivity contribution in [2.75, 3.05) is 16.0 Å². The number of amides is 3. The number of halogens is 2. The van der Waals surface area contributed by atoms with Crippen molar-refractivity contribution in [2.24, 2.45) is 0 Å². The molecule has 0 saturated heterocycles. The zero-order chi connectivity index (χ0) is 29.6. The molecule has 0 aliphatic carbocycles. The second kappa shape index (κ2) is 12.9. The van der Waals surface area contributed by atoms with E-state index in [1.807, 2.05) is 0 Å². The fraction of sp³-hybridized carbons (Fsp3) is 0.0690. The summed E-state index contributed by atoms with van der Waals surface area (Å²) in [5.41, 5.74) is 0.114. The van der Waals surface area contributed by atoms with Crippen LogP contribution in [0.1, 0.15) is 23.7 Å². The summed E-state index contributed by atoms with van der Waals surface area (Å²) in [6.07, 6.45) is 0.00891. The van der Waals surface area contributed by atoms with Crippen molar-refractivity contribution in [1.82, 2.24) is 0 Å². The lowest BCUT2D eigenvalue weighted by Crippen LogP contribution is -2.22. The molecule has 210 valence electrons. The van der Waals surface area contributed by atoms with Crippen LogP contribution in [0.15, 0.2) is 101 Å². The lowest BCUT2D eigenvalue weighted by molar-refractivity contribution is -0.133. The average Bonchev–Trinajstić information content (AvgIpc) is 2.95. The normalized spacial score (nSPS) is 10.9. The van der Waals surface area contributed by atoms with Gasteiger partial charge in [0.2, 0.25) is 9.84 Å². The first-order chi connectivity index (χ1) is 19.6. The van der Waals surface area contributed by atoms with Crippen LogP contribution >= 0.6 is 23.2 Å². The third kappa shape index (κ3) is 6.86. The topological polar surface area (TPSA) is 131 Å².